The number of rotatable bonds is 2. The first kappa shape index (κ1) is 14.7. The first-order chi connectivity index (χ1) is 10.1. The second-order valence-corrected chi connectivity index (χ2v) is 4.13. The molecule has 3 N–H and O–H groups in total. The van der Waals surface area contributed by atoms with Crippen molar-refractivity contribution in [1.29, 1.82) is 0 Å². The maximum absolute atomic E-state index is 13.5. The zero-order valence-electron chi connectivity index (χ0n) is 11.0. The molecule has 1 amide bonds. The van der Waals surface area contributed by atoms with Gasteiger partial charge in [0.05, 0.1) is 17.7 Å². The molecule has 106 valence electrons. The average Bonchev–Trinajstić information content (AvgIpc) is 2.48. The predicted octanol–water partition coefficient (Wildman–Crippen LogP) is 2.53. The molecule has 21 heavy (non-hydrogen) atoms. The lowest BCUT2D eigenvalue weighted by atomic mass is 10.1. The number of hydrogen-bond donors (Lipinski definition) is 2. The molecule has 5 heteroatoms. The molecule has 0 aliphatic heterocycles. The van der Waals surface area contributed by atoms with Crippen molar-refractivity contribution >= 4 is 11.6 Å². The topological polar surface area (TPSA) is 55.1 Å². The zero-order chi connectivity index (χ0) is 15.2. The third-order valence-electron chi connectivity index (χ3n) is 2.67. The van der Waals surface area contributed by atoms with Crippen LogP contribution in [0.15, 0.2) is 42.5 Å². The van der Waals surface area contributed by atoms with Crippen molar-refractivity contribution in [1.82, 2.24) is 0 Å². The normalized spacial score (nSPS) is 9.67. The largest absolute Gasteiger partial charge is 0.322 e. The number of halogens is 2. The third-order valence-corrected chi connectivity index (χ3v) is 2.67. The van der Waals surface area contributed by atoms with Crippen LogP contribution in [0.25, 0.3) is 0 Å². The van der Waals surface area contributed by atoms with Crippen LogP contribution in [-0.4, -0.2) is 12.5 Å². The van der Waals surface area contributed by atoms with E-state index in [-0.39, 0.29) is 17.7 Å². The lowest BCUT2D eigenvalue weighted by Crippen LogP contribution is -2.13. The molecule has 3 nitrogen and oxygen atoms in total. The van der Waals surface area contributed by atoms with E-state index in [1.165, 1.54) is 36.4 Å². The van der Waals surface area contributed by atoms with Gasteiger partial charge in [-0.1, -0.05) is 24.0 Å². The SMILES string of the molecule is NCC#Cc1cc(NC(=O)c2ccccc2F)ccc1F. The first-order valence-electron chi connectivity index (χ1n) is 6.16. The summed E-state index contributed by atoms with van der Waals surface area (Å²) in [6, 6.07) is 9.53. The molecule has 2 rings (SSSR count). The van der Waals surface area contributed by atoms with Gasteiger partial charge in [0, 0.05) is 5.69 Å². The molecule has 0 heterocycles. The monoisotopic (exact) mass is 286 g/mol. The highest BCUT2D eigenvalue weighted by molar-refractivity contribution is 6.04. The van der Waals surface area contributed by atoms with Gasteiger partial charge >= 0.3 is 0 Å². The van der Waals surface area contributed by atoms with E-state index in [2.05, 4.69) is 17.2 Å². The molecule has 0 radical (unpaired) electrons. The minimum Gasteiger partial charge on any atom is -0.322 e. The quantitative estimate of drug-likeness (QED) is 0.834. The number of carbonyl (C=O) groups is 1. The van der Waals surface area contributed by atoms with Crippen LogP contribution >= 0.6 is 0 Å². The maximum atomic E-state index is 13.5. The third kappa shape index (κ3) is 3.65. The van der Waals surface area contributed by atoms with E-state index in [0.29, 0.717) is 5.69 Å². The Morgan fingerprint density at radius 3 is 2.62 bits per heavy atom. The minimum atomic E-state index is -0.625. The highest BCUT2D eigenvalue weighted by Gasteiger charge is 2.11. The second-order valence-electron chi connectivity index (χ2n) is 4.13. The van der Waals surface area contributed by atoms with E-state index in [1.807, 2.05) is 0 Å². The fraction of sp³-hybridized carbons (Fsp3) is 0.0625. The Balaban J connectivity index is 2.24. The van der Waals surface area contributed by atoms with Crippen LogP contribution in [0.2, 0.25) is 0 Å². The summed E-state index contributed by atoms with van der Waals surface area (Å²) < 4.78 is 27.0. The Morgan fingerprint density at radius 2 is 1.90 bits per heavy atom. The summed E-state index contributed by atoms with van der Waals surface area (Å²) in [5.41, 5.74) is 5.59. The number of nitrogens with one attached hydrogen (secondary N) is 1. The summed E-state index contributed by atoms with van der Waals surface area (Å²) in [4.78, 5) is 11.9. The van der Waals surface area contributed by atoms with Crippen LogP contribution in [0.1, 0.15) is 15.9 Å². The van der Waals surface area contributed by atoms with Crippen molar-refractivity contribution < 1.29 is 13.6 Å². The Morgan fingerprint density at radius 1 is 1.14 bits per heavy atom. The van der Waals surface area contributed by atoms with Gasteiger partial charge in [-0.15, -0.1) is 0 Å². The number of amides is 1. The minimum absolute atomic E-state index is 0.0867. The fourth-order valence-electron chi connectivity index (χ4n) is 1.69. The van der Waals surface area contributed by atoms with Crippen LogP contribution in [0.3, 0.4) is 0 Å². The summed E-state index contributed by atoms with van der Waals surface area (Å²) in [5.74, 6) is 3.34. The van der Waals surface area contributed by atoms with Crippen molar-refractivity contribution in [3.05, 3.63) is 65.2 Å². The highest BCUT2D eigenvalue weighted by Crippen LogP contribution is 2.16. The van der Waals surface area contributed by atoms with Crippen molar-refractivity contribution in [2.45, 2.75) is 0 Å². The fourth-order valence-corrected chi connectivity index (χ4v) is 1.69. The van der Waals surface area contributed by atoms with Crippen molar-refractivity contribution in [2.75, 3.05) is 11.9 Å². The van der Waals surface area contributed by atoms with Gasteiger partial charge in [0.15, 0.2) is 0 Å². The van der Waals surface area contributed by atoms with E-state index in [9.17, 15) is 13.6 Å². The van der Waals surface area contributed by atoms with Gasteiger partial charge in [-0.3, -0.25) is 4.79 Å². The van der Waals surface area contributed by atoms with E-state index in [1.54, 1.807) is 6.07 Å². The standard InChI is InChI=1S/C16H12F2N2O/c17-14-8-7-12(10-11(14)4-3-9-19)20-16(21)13-5-1-2-6-15(13)18/h1-2,5-8,10H,9,19H2,(H,20,21). The molecule has 2 aromatic rings. The molecule has 0 unspecified atom stereocenters. The van der Waals surface area contributed by atoms with Crippen molar-refractivity contribution in [3.63, 3.8) is 0 Å². The summed E-state index contributed by atoms with van der Waals surface area (Å²) >= 11 is 0. The summed E-state index contributed by atoms with van der Waals surface area (Å²) in [7, 11) is 0. The van der Waals surface area contributed by atoms with E-state index in [4.69, 9.17) is 5.73 Å². The van der Waals surface area contributed by atoms with Crippen LogP contribution < -0.4 is 11.1 Å². The Labute approximate surface area is 120 Å². The smallest absolute Gasteiger partial charge is 0.258 e. The summed E-state index contributed by atoms with van der Waals surface area (Å²) in [6.07, 6.45) is 0. The number of hydrogen-bond acceptors (Lipinski definition) is 2. The number of nitrogens with two attached hydrogens (primary N) is 1. The molecule has 0 aliphatic carbocycles. The lowest BCUT2D eigenvalue weighted by molar-refractivity contribution is 0.102. The molecule has 0 saturated carbocycles. The molecule has 0 bridgehead atoms. The van der Waals surface area contributed by atoms with Crippen LogP contribution in [0, 0.1) is 23.5 Å². The lowest BCUT2D eigenvalue weighted by Gasteiger charge is -2.07. The van der Waals surface area contributed by atoms with E-state index >= 15 is 0 Å². The predicted molar refractivity (Wildman–Crippen MR) is 76.7 cm³/mol. The summed E-state index contributed by atoms with van der Waals surface area (Å²) in [6.45, 7) is 0.102. The zero-order valence-corrected chi connectivity index (χ0v) is 11.0. The Hall–Kier alpha value is -2.71. The second kappa shape index (κ2) is 6.64. The van der Waals surface area contributed by atoms with Gasteiger partial charge in [-0.05, 0) is 30.3 Å². The molecular weight excluding hydrogens is 274 g/mol. The molecule has 0 aromatic heterocycles. The van der Waals surface area contributed by atoms with Gasteiger partial charge < -0.3 is 11.1 Å². The van der Waals surface area contributed by atoms with Gasteiger partial charge in [-0.25, -0.2) is 8.78 Å². The Kier molecular flexibility index (Phi) is 4.64. The molecule has 2 aromatic carbocycles. The summed E-state index contributed by atoms with van der Waals surface area (Å²) in [5, 5.41) is 2.50. The number of anilines is 1. The van der Waals surface area contributed by atoms with Crippen LogP contribution in [0.4, 0.5) is 14.5 Å². The molecule has 0 fully saturated rings. The van der Waals surface area contributed by atoms with Gasteiger partial charge in [0.1, 0.15) is 11.6 Å². The van der Waals surface area contributed by atoms with E-state index in [0.717, 1.165) is 0 Å². The average molecular weight is 286 g/mol. The molecule has 0 spiro atoms. The molecular formula is C16H12F2N2O. The van der Waals surface area contributed by atoms with Crippen LogP contribution in [0.5, 0.6) is 0 Å². The first-order valence-corrected chi connectivity index (χ1v) is 6.16. The van der Waals surface area contributed by atoms with Crippen LogP contribution in [-0.2, 0) is 0 Å². The van der Waals surface area contributed by atoms with Gasteiger partial charge in [0.2, 0.25) is 0 Å². The Bertz CT molecular complexity index is 733. The van der Waals surface area contributed by atoms with Crippen molar-refractivity contribution in [2.24, 2.45) is 5.73 Å². The maximum Gasteiger partial charge on any atom is 0.258 e. The van der Waals surface area contributed by atoms with Gasteiger partial charge in [-0.2, -0.15) is 0 Å². The van der Waals surface area contributed by atoms with Crippen molar-refractivity contribution in [3.8, 4) is 11.8 Å². The van der Waals surface area contributed by atoms with E-state index < -0.39 is 17.5 Å². The number of carbonyl (C=O) groups excluding carboxylic acids is 1. The molecule has 0 aliphatic rings. The van der Waals surface area contributed by atoms with Gasteiger partial charge in [0.25, 0.3) is 5.91 Å². The molecule has 0 atom stereocenters. The number of benzene rings is 2. The highest BCUT2D eigenvalue weighted by atomic mass is 19.1. The molecule has 0 saturated heterocycles.